The number of amides is 2. The summed E-state index contributed by atoms with van der Waals surface area (Å²) in [5.74, 6) is 0.711. The predicted octanol–water partition coefficient (Wildman–Crippen LogP) is 4.64. The Kier molecular flexibility index (Phi) is 7.57. The van der Waals surface area contributed by atoms with Gasteiger partial charge < -0.3 is 15.4 Å². The van der Waals surface area contributed by atoms with Gasteiger partial charge >= 0.3 is 0 Å². The lowest BCUT2D eigenvalue weighted by Gasteiger charge is -2.10. The molecule has 6 nitrogen and oxygen atoms in total. The summed E-state index contributed by atoms with van der Waals surface area (Å²) < 4.78 is 5.71. The second-order valence-corrected chi connectivity index (χ2v) is 8.04. The molecule has 2 N–H and O–H groups in total. The van der Waals surface area contributed by atoms with E-state index in [1.165, 1.54) is 11.3 Å². The van der Waals surface area contributed by atoms with Gasteiger partial charge in [0.25, 0.3) is 5.91 Å². The van der Waals surface area contributed by atoms with Crippen LogP contribution >= 0.6 is 11.3 Å². The van der Waals surface area contributed by atoms with Gasteiger partial charge in [0.05, 0.1) is 11.2 Å². The first-order valence-electron chi connectivity index (χ1n) is 9.76. The summed E-state index contributed by atoms with van der Waals surface area (Å²) in [5.41, 5.74) is 4.77. The van der Waals surface area contributed by atoms with Crippen molar-refractivity contribution < 1.29 is 14.3 Å². The van der Waals surface area contributed by atoms with Crippen molar-refractivity contribution in [2.45, 2.75) is 33.4 Å². The molecule has 0 aliphatic rings. The molecule has 1 aromatic heterocycles. The minimum absolute atomic E-state index is 0.0133. The highest BCUT2D eigenvalue weighted by Gasteiger charge is 2.09. The van der Waals surface area contributed by atoms with Crippen LogP contribution in [0.5, 0.6) is 5.75 Å². The Morgan fingerprint density at radius 1 is 1.13 bits per heavy atom. The maximum atomic E-state index is 12.5. The third kappa shape index (κ3) is 6.70. The first-order valence-corrected chi connectivity index (χ1v) is 10.7. The van der Waals surface area contributed by atoms with Gasteiger partial charge in [0.2, 0.25) is 5.91 Å². The Balaban J connectivity index is 1.54. The molecule has 156 valence electrons. The van der Waals surface area contributed by atoms with Gasteiger partial charge in [-0.1, -0.05) is 32.0 Å². The number of aromatic nitrogens is 1. The zero-order chi connectivity index (χ0) is 21.3. The molecule has 30 heavy (non-hydrogen) atoms. The van der Waals surface area contributed by atoms with E-state index >= 15 is 0 Å². The highest BCUT2D eigenvalue weighted by atomic mass is 32.1. The van der Waals surface area contributed by atoms with Crippen molar-refractivity contribution in [2.75, 3.05) is 5.32 Å². The topological polar surface area (TPSA) is 80.3 Å². The van der Waals surface area contributed by atoms with E-state index in [0.29, 0.717) is 36.8 Å². The minimum Gasteiger partial charge on any atom is -0.487 e. The number of anilines is 1. The van der Waals surface area contributed by atoms with Crippen molar-refractivity contribution in [2.24, 2.45) is 5.92 Å². The number of rotatable bonds is 9. The van der Waals surface area contributed by atoms with E-state index in [-0.39, 0.29) is 11.8 Å². The van der Waals surface area contributed by atoms with Crippen molar-refractivity contribution in [3.8, 4) is 5.75 Å². The molecule has 0 spiro atoms. The van der Waals surface area contributed by atoms with Crippen LogP contribution < -0.4 is 15.4 Å². The van der Waals surface area contributed by atoms with Crippen LogP contribution in [0.3, 0.4) is 0 Å². The van der Waals surface area contributed by atoms with E-state index < -0.39 is 0 Å². The number of ether oxygens (including phenoxy) is 1. The number of nitrogens with one attached hydrogen (secondary N) is 2. The van der Waals surface area contributed by atoms with Crippen LogP contribution in [0.15, 0.2) is 59.4 Å². The van der Waals surface area contributed by atoms with Gasteiger partial charge in [-0.25, -0.2) is 4.98 Å². The summed E-state index contributed by atoms with van der Waals surface area (Å²) in [6.07, 6.45) is 0.474. The summed E-state index contributed by atoms with van der Waals surface area (Å²) in [7, 11) is 0. The van der Waals surface area contributed by atoms with Crippen LogP contribution in [-0.2, 0) is 17.9 Å². The molecule has 2 aromatic carbocycles. The zero-order valence-corrected chi connectivity index (χ0v) is 17.9. The third-order valence-electron chi connectivity index (χ3n) is 4.22. The number of hydrogen-bond donors (Lipinski definition) is 2. The Bertz CT molecular complexity index is 987. The molecule has 2 amide bonds. The smallest absolute Gasteiger partial charge is 0.251 e. The average molecular weight is 424 g/mol. The molecular weight excluding hydrogens is 398 g/mol. The number of benzene rings is 2. The van der Waals surface area contributed by atoms with Gasteiger partial charge in [-0.05, 0) is 41.8 Å². The van der Waals surface area contributed by atoms with Crippen molar-refractivity contribution in [1.82, 2.24) is 10.3 Å². The molecular formula is C23H25N3O3S. The summed E-state index contributed by atoms with van der Waals surface area (Å²) in [5, 5.41) is 7.73. The first-order chi connectivity index (χ1) is 14.5. The Morgan fingerprint density at radius 2 is 1.97 bits per heavy atom. The maximum absolute atomic E-state index is 12.5. The number of carbonyl (C=O) groups excluding carboxylic acids is 2. The minimum atomic E-state index is -0.191. The molecule has 0 saturated heterocycles. The molecule has 0 bridgehead atoms. The lowest BCUT2D eigenvalue weighted by atomic mass is 10.1. The van der Waals surface area contributed by atoms with Gasteiger partial charge in [-0.15, -0.1) is 11.3 Å². The lowest BCUT2D eigenvalue weighted by Crippen LogP contribution is -2.23. The Labute approximate surface area is 180 Å². The molecule has 0 aliphatic carbocycles. The number of thiazole rings is 1. The molecule has 0 unspecified atom stereocenters. The quantitative estimate of drug-likeness (QED) is 0.526. The normalized spacial score (nSPS) is 10.6. The number of hydrogen-bond acceptors (Lipinski definition) is 5. The number of carbonyl (C=O) groups is 2. The van der Waals surface area contributed by atoms with E-state index in [4.69, 9.17) is 4.74 Å². The van der Waals surface area contributed by atoms with Gasteiger partial charge in [-0.3, -0.25) is 9.59 Å². The molecule has 3 aromatic rings. The molecule has 0 fully saturated rings. The lowest BCUT2D eigenvalue weighted by molar-refractivity contribution is -0.116. The van der Waals surface area contributed by atoms with Crippen LogP contribution in [0, 0.1) is 5.92 Å². The summed E-state index contributed by atoms with van der Waals surface area (Å²) in [6.45, 7) is 4.73. The van der Waals surface area contributed by atoms with E-state index in [0.717, 1.165) is 16.9 Å². The molecule has 3 rings (SSSR count). The SMILES string of the molecule is CC(C)CC(=O)Nc1cccc(CNC(=O)c2cccc(OCc3cscn3)c2)c1. The van der Waals surface area contributed by atoms with E-state index in [2.05, 4.69) is 15.6 Å². The molecule has 1 heterocycles. The van der Waals surface area contributed by atoms with Crippen molar-refractivity contribution in [3.05, 3.63) is 76.2 Å². The molecule has 0 atom stereocenters. The largest absolute Gasteiger partial charge is 0.487 e. The van der Waals surface area contributed by atoms with Crippen molar-refractivity contribution >= 4 is 28.8 Å². The first kappa shape index (κ1) is 21.5. The second-order valence-electron chi connectivity index (χ2n) is 7.33. The second kappa shape index (κ2) is 10.5. The summed E-state index contributed by atoms with van der Waals surface area (Å²) in [6, 6.07) is 14.5. The summed E-state index contributed by atoms with van der Waals surface area (Å²) in [4.78, 5) is 28.7. The fraction of sp³-hybridized carbons (Fsp3) is 0.261. The van der Waals surface area contributed by atoms with E-state index in [1.807, 2.05) is 49.6 Å². The molecule has 0 saturated carbocycles. The molecule has 0 aliphatic heterocycles. The summed E-state index contributed by atoms with van der Waals surface area (Å²) >= 11 is 1.52. The third-order valence-corrected chi connectivity index (χ3v) is 4.86. The highest BCUT2D eigenvalue weighted by molar-refractivity contribution is 7.07. The van der Waals surface area contributed by atoms with Crippen molar-refractivity contribution in [1.29, 1.82) is 0 Å². The zero-order valence-electron chi connectivity index (χ0n) is 17.1. The fourth-order valence-electron chi connectivity index (χ4n) is 2.82. The Hall–Kier alpha value is -3.19. The monoisotopic (exact) mass is 423 g/mol. The van der Waals surface area contributed by atoms with Gasteiger partial charge in [0.1, 0.15) is 12.4 Å². The maximum Gasteiger partial charge on any atom is 0.251 e. The molecule has 7 heteroatoms. The van der Waals surface area contributed by atoms with Crippen LogP contribution in [0.4, 0.5) is 5.69 Å². The molecule has 0 radical (unpaired) electrons. The standard InChI is InChI=1S/C23H25N3O3S/c1-16(2)9-22(27)26-19-7-3-5-17(10-19)12-24-23(28)18-6-4-8-21(11-18)29-13-20-14-30-15-25-20/h3-8,10-11,14-16H,9,12-13H2,1-2H3,(H,24,28)(H,26,27). The Morgan fingerprint density at radius 3 is 2.73 bits per heavy atom. The van der Waals surface area contributed by atoms with Crippen molar-refractivity contribution in [3.63, 3.8) is 0 Å². The van der Waals surface area contributed by atoms with Gasteiger partial charge in [-0.2, -0.15) is 0 Å². The van der Waals surface area contributed by atoms with Gasteiger partial charge in [0.15, 0.2) is 0 Å². The van der Waals surface area contributed by atoms with E-state index in [9.17, 15) is 9.59 Å². The van der Waals surface area contributed by atoms with Crippen LogP contribution in [-0.4, -0.2) is 16.8 Å². The average Bonchev–Trinajstić information content (AvgIpc) is 3.24. The number of nitrogens with zero attached hydrogens (tertiary/aromatic N) is 1. The van der Waals surface area contributed by atoms with Gasteiger partial charge in [0, 0.05) is 29.6 Å². The van der Waals surface area contributed by atoms with E-state index in [1.54, 1.807) is 23.7 Å². The highest BCUT2D eigenvalue weighted by Crippen LogP contribution is 2.16. The van der Waals surface area contributed by atoms with Crippen LogP contribution in [0.2, 0.25) is 0 Å². The van der Waals surface area contributed by atoms with Crippen LogP contribution in [0.1, 0.15) is 41.9 Å². The van der Waals surface area contributed by atoms with Crippen LogP contribution in [0.25, 0.3) is 0 Å². The predicted molar refractivity (Wildman–Crippen MR) is 119 cm³/mol. The fourth-order valence-corrected chi connectivity index (χ4v) is 3.36.